The number of anilines is 1. The average molecular weight is 420 g/mol. The van der Waals surface area contributed by atoms with E-state index in [4.69, 9.17) is 10.4 Å². The van der Waals surface area contributed by atoms with Crippen molar-refractivity contribution >= 4 is 22.6 Å². The zero-order valence-corrected chi connectivity index (χ0v) is 17.6. The monoisotopic (exact) mass is 419 g/mol. The van der Waals surface area contributed by atoms with E-state index in [2.05, 4.69) is 9.88 Å². The van der Waals surface area contributed by atoms with Crippen LogP contribution in [0.5, 0.6) is 5.75 Å². The minimum absolute atomic E-state index is 0.0936. The lowest BCUT2D eigenvalue weighted by atomic mass is 10.1. The second kappa shape index (κ2) is 9.85. The molecular formula is C24H29N5O2. The Hall–Kier alpha value is -3.03. The first-order chi connectivity index (χ1) is 15.1. The number of phenolic OH excluding ortho intramolecular Hbond substituents is 1. The van der Waals surface area contributed by atoms with Gasteiger partial charge in [-0.15, -0.1) is 0 Å². The molecule has 1 atom stereocenters. The van der Waals surface area contributed by atoms with E-state index in [-0.39, 0.29) is 12.3 Å². The number of aromatic nitrogens is 2. The van der Waals surface area contributed by atoms with Gasteiger partial charge >= 0.3 is 0 Å². The van der Waals surface area contributed by atoms with Crippen molar-refractivity contribution < 1.29 is 10.2 Å². The molecule has 0 spiro atoms. The quantitative estimate of drug-likeness (QED) is 0.561. The summed E-state index contributed by atoms with van der Waals surface area (Å²) in [6, 6.07) is 14.7. The number of nitrogens with one attached hydrogen (secondary N) is 1. The Morgan fingerprint density at radius 2 is 1.74 bits per heavy atom. The SMILES string of the molecule is N=C(CN1CCN(c2cnc3ccccc3n2)CCCCCC1O)c1ccccc1O. The van der Waals surface area contributed by atoms with Gasteiger partial charge in [0, 0.05) is 31.7 Å². The van der Waals surface area contributed by atoms with Crippen LogP contribution in [0, 0.1) is 5.41 Å². The fraction of sp³-hybridized carbons (Fsp3) is 0.375. The predicted molar refractivity (Wildman–Crippen MR) is 123 cm³/mol. The van der Waals surface area contributed by atoms with E-state index >= 15 is 0 Å². The lowest BCUT2D eigenvalue weighted by Crippen LogP contribution is -2.44. The first kappa shape index (κ1) is 21.2. The molecule has 3 N–H and O–H groups in total. The Kier molecular flexibility index (Phi) is 6.74. The molecule has 1 saturated heterocycles. The molecule has 2 heterocycles. The van der Waals surface area contributed by atoms with E-state index in [0.717, 1.165) is 42.7 Å². The number of benzene rings is 2. The molecule has 0 bridgehead atoms. The van der Waals surface area contributed by atoms with Crippen LogP contribution in [-0.2, 0) is 0 Å². The van der Waals surface area contributed by atoms with Gasteiger partial charge < -0.3 is 20.5 Å². The largest absolute Gasteiger partial charge is 0.507 e. The van der Waals surface area contributed by atoms with Gasteiger partial charge in [-0.05, 0) is 43.5 Å². The van der Waals surface area contributed by atoms with Crippen molar-refractivity contribution in [1.29, 1.82) is 5.41 Å². The van der Waals surface area contributed by atoms with Crippen molar-refractivity contribution in [3.05, 3.63) is 60.3 Å². The van der Waals surface area contributed by atoms with Crippen LogP contribution in [0.25, 0.3) is 11.0 Å². The average Bonchev–Trinajstić information content (AvgIpc) is 2.79. The molecule has 1 unspecified atom stereocenters. The van der Waals surface area contributed by atoms with E-state index < -0.39 is 6.23 Å². The molecule has 1 aliphatic rings. The van der Waals surface area contributed by atoms with Crippen molar-refractivity contribution in [1.82, 2.24) is 14.9 Å². The van der Waals surface area contributed by atoms with Crippen molar-refractivity contribution in [3.8, 4) is 5.75 Å². The molecule has 7 nitrogen and oxygen atoms in total. The second-order valence-electron chi connectivity index (χ2n) is 8.00. The number of hydrogen-bond acceptors (Lipinski definition) is 7. The molecular weight excluding hydrogens is 390 g/mol. The fourth-order valence-corrected chi connectivity index (χ4v) is 4.03. The van der Waals surface area contributed by atoms with Gasteiger partial charge in [0.05, 0.1) is 22.9 Å². The van der Waals surface area contributed by atoms with Crippen LogP contribution in [-0.4, -0.2) is 63.2 Å². The lowest BCUT2D eigenvalue weighted by molar-refractivity contribution is 0.00699. The molecule has 1 aliphatic heterocycles. The molecule has 162 valence electrons. The Bertz CT molecular complexity index is 1040. The summed E-state index contributed by atoms with van der Waals surface area (Å²) < 4.78 is 0. The Morgan fingerprint density at radius 1 is 0.968 bits per heavy atom. The number of fused-ring (bicyclic) bond motifs is 1. The molecule has 2 aromatic carbocycles. The maximum Gasteiger partial charge on any atom is 0.147 e. The van der Waals surface area contributed by atoms with Gasteiger partial charge in [0.2, 0.25) is 0 Å². The summed E-state index contributed by atoms with van der Waals surface area (Å²) in [6.07, 6.45) is 4.88. The topological polar surface area (TPSA) is 96.6 Å². The summed E-state index contributed by atoms with van der Waals surface area (Å²) in [5.41, 5.74) is 2.55. The van der Waals surface area contributed by atoms with Gasteiger partial charge in [0.1, 0.15) is 17.8 Å². The maximum atomic E-state index is 10.8. The van der Waals surface area contributed by atoms with E-state index in [1.165, 1.54) is 0 Å². The third-order valence-electron chi connectivity index (χ3n) is 5.82. The van der Waals surface area contributed by atoms with Crippen LogP contribution in [0.15, 0.2) is 54.7 Å². The normalized spacial score (nSPS) is 18.7. The number of hydrogen-bond donors (Lipinski definition) is 3. The van der Waals surface area contributed by atoms with Crippen LogP contribution in [0.1, 0.15) is 31.2 Å². The first-order valence-electron chi connectivity index (χ1n) is 10.9. The highest BCUT2D eigenvalue weighted by Gasteiger charge is 2.22. The van der Waals surface area contributed by atoms with Crippen molar-refractivity contribution in [2.45, 2.75) is 31.9 Å². The Labute approximate surface area is 182 Å². The van der Waals surface area contributed by atoms with Crippen LogP contribution in [0.2, 0.25) is 0 Å². The smallest absolute Gasteiger partial charge is 0.147 e. The summed E-state index contributed by atoms with van der Waals surface area (Å²) in [6.45, 7) is 2.42. The summed E-state index contributed by atoms with van der Waals surface area (Å²) in [4.78, 5) is 13.5. The molecule has 0 amide bonds. The highest BCUT2D eigenvalue weighted by Crippen LogP contribution is 2.20. The number of aliphatic hydroxyl groups is 1. The maximum absolute atomic E-state index is 10.8. The summed E-state index contributed by atoms with van der Waals surface area (Å²) in [7, 11) is 0. The third kappa shape index (κ3) is 5.18. The minimum atomic E-state index is -0.617. The van der Waals surface area contributed by atoms with Crippen molar-refractivity contribution in [2.24, 2.45) is 0 Å². The Balaban J connectivity index is 1.51. The van der Waals surface area contributed by atoms with Gasteiger partial charge in [-0.2, -0.15) is 0 Å². The van der Waals surface area contributed by atoms with Gasteiger partial charge in [0.25, 0.3) is 0 Å². The van der Waals surface area contributed by atoms with Crippen molar-refractivity contribution in [2.75, 3.05) is 31.1 Å². The second-order valence-corrected chi connectivity index (χ2v) is 8.00. The zero-order chi connectivity index (χ0) is 21.6. The predicted octanol–water partition coefficient (Wildman–Crippen LogP) is 3.40. The first-order valence-corrected chi connectivity index (χ1v) is 10.9. The summed E-state index contributed by atoms with van der Waals surface area (Å²) in [5.74, 6) is 0.931. The van der Waals surface area contributed by atoms with Gasteiger partial charge in [-0.25, -0.2) is 4.98 Å². The minimum Gasteiger partial charge on any atom is -0.507 e. The number of nitrogens with zero attached hydrogens (tertiary/aromatic N) is 4. The van der Waals surface area contributed by atoms with Gasteiger partial charge in [-0.1, -0.05) is 30.7 Å². The summed E-state index contributed by atoms with van der Waals surface area (Å²) >= 11 is 0. The van der Waals surface area contributed by atoms with Crippen molar-refractivity contribution in [3.63, 3.8) is 0 Å². The van der Waals surface area contributed by atoms with Crippen LogP contribution < -0.4 is 4.90 Å². The third-order valence-corrected chi connectivity index (χ3v) is 5.82. The molecule has 7 heteroatoms. The molecule has 1 fully saturated rings. The standard InChI is InChI=1S/C24H29N5O2/c25-19(18-8-3-6-11-22(18)30)17-29-15-14-28(13-7-1-2-12-24(29)31)23-16-26-20-9-4-5-10-21(20)27-23/h3-6,8-11,16,24-25,30-31H,1-2,7,12-15,17H2. The highest BCUT2D eigenvalue weighted by atomic mass is 16.3. The van der Waals surface area contributed by atoms with Crippen LogP contribution >= 0.6 is 0 Å². The lowest BCUT2D eigenvalue weighted by Gasteiger charge is -2.33. The number of aliphatic hydroxyl groups excluding tert-OH is 1. The Morgan fingerprint density at radius 3 is 2.58 bits per heavy atom. The van der Waals surface area contributed by atoms with Gasteiger partial charge in [-0.3, -0.25) is 9.88 Å². The number of aromatic hydroxyl groups is 1. The molecule has 31 heavy (non-hydrogen) atoms. The fourth-order valence-electron chi connectivity index (χ4n) is 4.03. The number of phenols is 1. The van der Waals surface area contributed by atoms with Gasteiger partial charge in [0.15, 0.2) is 0 Å². The zero-order valence-electron chi connectivity index (χ0n) is 17.6. The van der Waals surface area contributed by atoms with E-state index in [9.17, 15) is 10.2 Å². The summed E-state index contributed by atoms with van der Waals surface area (Å²) in [5, 5.41) is 29.3. The molecule has 1 aromatic heterocycles. The molecule has 3 aromatic rings. The molecule has 4 rings (SSSR count). The van der Waals surface area contributed by atoms with E-state index in [1.54, 1.807) is 18.2 Å². The van der Waals surface area contributed by atoms with Crippen LogP contribution in [0.3, 0.4) is 0 Å². The van der Waals surface area contributed by atoms with Crippen LogP contribution in [0.4, 0.5) is 5.82 Å². The number of rotatable bonds is 4. The van der Waals surface area contributed by atoms with E-state index in [0.29, 0.717) is 30.8 Å². The molecule has 0 aliphatic carbocycles. The highest BCUT2D eigenvalue weighted by molar-refractivity contribution is 6.01. The van der Waals surface area contributed by atoms with E-state index in [1.807, 2.05) is 41.4 Å². The molecule has 0 radical (unpaired) electrons. The number of para-hydroxylation sites is 3. The molecule has 0 saturated carbocycles.